The van der Waals surface area contributed by atoms with E-state index in [0.29, 0.717) is 6.42 Å². The van der Waals surface area contributed by atoms with E-state index >= 15 is 0 Å². The molecular formula is C12H16O2S. The van der Waals surface area contributed by atoms with Crippen molar-refractivity contribution in [2.45, 2.75) is 25.7 Å². The molecule has 0 N–H and O–H groups in total. The maximum atomic E-state index is 10.1. The van der Waals surface area contributed by atoms with Gasteiger partial charge < -0.3 is 8.98 Å². The van der Waals surface area contributed by atoms with Crippen LogP contribution < -0.4 is 4.18 Å². The highest BCUT2D eigenvalue weighted by atomic mass is 32.2. The van der Waals surface area contributed by atoms with Gasteiger partial charge in [0.25, 0.3) is 0 Å². The Morgan fingerprint density at radius 2 is 2.00 bits per heavy atom. The van der Waals surface area contributed by atoms with Crippen molar-refractivity contribution < 1.29 is 8.98 Å². The average Bonchev–Trinajstić information content (AvgIpc) is 2.27. The number of hydrogen-bond donors (Lipinski definition) is 0. The van der Waals surface area contributed by atoms with Crippen LogP contribution in [0.4, 0.5) is 0 Å². The molecule has 15 heavy (non-hydrogen) atoms. The third-order valence-electron chi connectivity index (χ3n) is 2.14. The number of aryl methyl sites for hydroxylation is 1. The van der Waals surface area contributed by atoms with Crippen LogP contribution in [0.3, 0.4) is 0 Å². The summed E-state index contributed by atoms with van der Waals surface area (Å²) in [5.41, 5.74) is 1.30. The Morgan fingerprint density at radius 3 is 2.60 bits per heavy atom. The molecule has 0 radical (unpaired) electrons. The topological polar surface area (TPSA) is 26.3 Å². The minimum absolute atomic E-state index is 0.674. The first-order valence-electron chi connectivity index (χ1n) is 5.10. The molecule has 82 valence electrons. The maximum absolute atomic E-state index is 10.1. The van der Waals surface area contributed by atoms with Crippen molar-refractivity contribution in [1.82, 2.24) is 0 Å². The summed E-state index contributed by atoms with van der Waals surface area (Å²) in [4.78, 5) is 10.1. The first-order valence-corrected chi connectivity index (χ1v) is 6.25. The second kappa shape index (κ2) is 7.35. The van der Waals surface area contributed by atoms with Crippen molar-refractivity contribution in [2.75, 3.05) is 6.26 Å². The zero-order chi connectivity index (χ0) is 10.9. The van der Waals surface area contributed by atoms with Crippen LogP contribution in [0.2, 0.25) is 0 Å². The van der Waals surface area contributed by atoms with E-state index in [-0.39, 0.29) is 0 Å². The molecule has 0 heterocycles. The molecule has 0 aromatic heterocycles. The molecule has 0 aliphatic rings. The summed E-state index contributed by atoms with van der Waals surface area (Å²) < 4.78 is 5.27. The van der Waals surface area contributed by atoms with Crippen LogP contribution in [0.1, 0.15) is 24.8 Å². The van der Waals surface area contributed by atoms with Gasteiger partial charge in [0, 0.05) is 12.7 Å². The second-order valence-electron chi connectivity index (χ2n) is 3.31. The van der Waals surface area contributed by atoms with E-state index in [1.54, 1.807) is 0 Å². The third-order valence-corrected chi connectivity index (χ3v) is 2.50. The van der Waals surface area contributed by atoms with E-state index in [1.165, 1.54) is 17.6 Å². The molecule has 0 saturated carbocycles. The van der Waals surface area contributed by atoms with Gasteiger partial charge in [-0.1, -0.05) is 12.1 Å². The zero-order valence-corrected chi connectivity index (χ0v) is 9.76. The highest BCUT2D eigenvalue weighted by Crippen LogP contribution is 2.16. The monoisotopic (exact) mass is 224 g/mol. The van der Waals surface area contributed by atoms with Gasteiger partial charge in [-0.05, 0) is 37.0 Å². The Bertz CT molecular complexity index is 282. The lowest BCUT2D eigenvalue weighted by Gasteiger charge is -2.03. The number of rotatable bonds is 7. The molecule has 0 amide bonds. The van der Waals surface area contributed by atoms with E-state index in [9.17, 15) is 4.79 Å². The zero-order valence-electron chi connectivity index (χ0n) is 8.94. The number of carbonyl (C=O) groups excluding carboxylic acids is 1. The van der Waals surface area contributed by atoms with Gasteiger partial charge in [0.2, 0.25) is 0 Å². The van der Waals surface area contributed by atoms with Crippen molar-refractivity contribution >= 4 is 18.3 Å². The Morgan fingerprint density at radius 1 is 1.27 bits per heavy atom. The molecule has 0 saturated heterocycles. The van der Waals surface area contributed by atoms with Crippen LogP contribution in [0.5, 0.6) is 5.75 Å². The van der Waals surface area contributed by atoms with E-state index < -0.39 is 0 Å². The molecule has 0 fully saturated rings. The number of carbonyl (C=O) groups is 1. The molecule has 0 aliphatic carbocycles. The third kappa shape index (κ3) is 4.88. The van der Waals surface area contributed by atoms with Crippen LogP contribution in [-0.4, -0.2) is 12.5 Å². The van der Waals surface area contributed by atoms with Crippen LogP contribution >= 0.6 is 12.0 Å². The Hall–Kier alpha value is -0.960. The second-order valence-corrected chi connectivity index (χ2v) is 3.81. The van der Waals surface area contributed by atoms with Gasteiger partial charge in [0.05, 0.1) is 12.0 Å². The molecule has 0 aliphatic heterocycles. The molecule has 0 bridgehead atoms. The van der Waals surface area contributed by atoms with E-state index in [0.717, 1.165) is 31.3 Å². The van der Waals surface area contributed by atoms with Crippen molar-refractivity contribution in [1.29, 1.82) is 0 Å². The Balaban J connectivity index is 2.32. The molecule has 3 heteroatoms. The quantitative estimate of drug-likeness (QED) is 0.404. The first-order chi connectivity index (χ1) is 7.36. The number of hydrogen-bond acceptors (Lipinski definition) is 3. The van der Waals surface area contributed by atoms with Crippen LogP contribution in [0, 0.1) is 0 Å². The number of aldehydes is 1. The van der Waals surface area contributed by atoms with E-state index in [4.69, 9.17) is 4.18 Å². The lowest BCUT2D eigenvalue weighted by Crippen LogP contribution is -1.87. The normalized spacial score (nSPS) is 9.93. The standard InChI is InChI=1S/C12H16O2S/c1-15-14-12-8-6-11(7-9-12)5-3-2-4-10-13/h6-10H,2-5H2,1H3. The van der Waals surface area contributed by atoms with Crippen LogP contribution in [0.15, 0.2) is 24.3 Å². The van der Waals surface area contributed by atoms with E-state index in [2.05, 4.69) is 12.1 Å². The SMILES string of the molecule is CSOc1ccc(CCCCC=O)cc1. The summed E-state index contributed by atoms with van der Waals surface area (Å²) in [6.45, 7) is 0. The van der Waals surface area contributed by atoms with E-state index in [1.807, 2.05) is 18.4 Å². The predicted molar refractivity (Wildman–Crippen MR) is 64.2 cm³/mol. The lowest BCUT2D eigenvalue weighted by atomic mass is 10.1. The van der Waals surface area contributed by atoms with Gasteiger partial charge in [-0.15, -0.1) is 0 Å². The lowest BCUT2D eigenvalue weighted by molar-refractivity contribution is -0.107. The molecular weight excluding hydrogens is 208 g/mol. The largest absolute Gasteiger partial charge is 0.426 e. The molecule has 0 atom stereocenters. The van der Waals surface area contributed by atoms with Gasteiger partial charge in [-0.2, -0.15) is 0 Å². The summed E-state index contributed by atoms with van der Waals surface area (Å²) in [5, 5.41) is 0. The minimum Gasteiger partial charge on any atom is -0.426 e. The van der Waals surface area contributed by atoms with Crippen molar-refractivity contribution in [3.8, 4) is 5.75 Å². The first kappa shape index (κ1) is 12.1. The summed E-state index contributed by atoms with van der Waals surface area (Å²) in [6.07, 6.45) is 6.64. The summed E-state index contributed by atoms with van der Waals surface area (Å²) in [6, 6.07) is 8.11. The fourth-order valence-electron chi connectivity index (χ4n) is 1.36. The molecule has 1 rings (SSSR count). The van der Waals surface area contributed by atoms with Crippen molar-refractivity contribution in [2.24, 2.45) is 0 Å². The fourth-order valence-corrected chi connectivity index (χ4v) is 1.67. The highest BCUT2D eigenvalue weighted by Gasteiger charge is 1.95. The van der Waals surface area contributed by atoms with Crippen LogP contribution in [0.25, 0.3) is 0 Å². The molecule has 0 unspecified atom stereocenters. The van der Waals surface area contributed by atoms with Gasteiger partial charge in [0.15, 0.2) is 0 Å². The predicted octanol–water partition coefficient (Wildman–Crippen LogP) is 3.26. The fraction of sp³-hybridized carbons (Fsp3) is 0.417. The summed E-state index contributed by atoms with van der Waals surface area (Å²) in [5.74, 6) is 0.888. The number of unbranched alkanes of at least 4 members (excludes halogenated alkanes) is 2. The molecule has 2 nitrogen and oxygen atoms in total. The molecule has 1 aromatic carbocycles. The maximum Gasteiger partial charge on any atom is 0.137 e. The average molecular weight is 224 g/mol. The van der Waals surface area contributed by atoms with Crippen molar-refractivity contribution in [3.05, 3.63) is 29.8 Å². The minimum atomic E-state index is 0.674. The Labute approximate surface area is 95.2 Å². The number of benzene rings is 1. The highest BCUT2D eigenvalue weighted by molar-refractivity contribution is 7.94. The smallest absolute Gasteiger partial charge is 0.137 e. The Kier molecular flexibility index (Phi) is 5.93. The van der Waals surface area contributed by atoms with Crippen molar-refractivity contribution in [3.63, 3.8) is 0 Å². The van der Waals surface area contributed by atoms with Gasteiger partial charge in [-0.3, -0.25) is 0 Å². The van der Waals surface area contributed by atoms with Crippen LogP contribution in [-0.2, 0) is 11.2 Å². The summed E-state index contributed by atoms with van der Waals surface area (Å²) in [7, 11) is 0. The molecule has 0 spiro atoms. The van der Waals surface area contributed by atoms with Gasteiger partial charge >= 0.3 is 0 Å². The van der Waals surface area contributed by atoms with Gasteiger partial charge in [0.1, 0.15) is 12.0 Å². The molecule has 1 aromatic rings. The summed E-state index contributed by atoms with van der Waals surface area (Å²) >= 11 is 1.35. The van der Waals surface area contributed by atoms with Gasteiger partial charge in [-0.25, -0.2) is 0 Å².